The SMILES string of the molecule is Cc1cc(O)c(-c2n[nH]c3c2C(c2ccc(Cl)cc2)N(C2CCS(=O)(=O)C2)C3=O)cc1C. The van der Waals surface area contributed by atoms with E-state index in [4.69, 9.17) is 11.6 Å². The Labute approximate surface area is 190 Å². The van der Waals surface area contributed by atoms with Crippen LogP contribution >= 0.6 is 11.6 Å². The number of aromatic hydroxyl groups is 1. The molecule has 0 radical (unpaired) electrons. The van der Waals surface area contributed by atoms with Gasteiger partial charge in [-0.3, -0.25) is 9.89 Å². The zero-order valence-corrected chi connectivity index (χ0v) is 19.2. The predicted octanol–water partition coefficient (Wildman–Crippen LogP) is 3.78. The molecule has 166 valence electrons. The third-order valence-electron chi connectivity index (χ3n) is 6.46. The molecule has 1 fully saturated rings. The minimum Gasteiger partial charge on any atom is -0.507 e. The topological polar surface area (TPSA) is 103 Å². The highest BCUT2D eigenvalue weighted by Gasteiger charge is 2.48. The Balaban J connectivity index is 1.70. The summed E-state index contributed by atoms with van der Waals surface area (Å²) in [5.74, 6) is -0.216. The molecule has 2 N–H and O–H groups in total. The summed E-state index contributed by atoms with van der Waals surface area (Å²) >= 11 is 6.10. The van der Waals surface area contributed by atoms with Crippen LogP contribution in [0.15, 0.2) is 36.4 Å². The van der Waals surface area contributed by atoms with Crippen LogP contribution in [0.3, 0.4) is 0 Å². The highest BCUT2D eigenvalue weighted by atomic mass is 35.5. The molecular formula is C23H22ClN3O4S. The van der Waals surface area contributed by atoms with Crippen LogP contribution in [0.4, 0.5) is 0 Å². The fourth-order valence-corrected chi connectivity index (χ4v) is 6.54. The standard InChI is InChI=1S/C23H22ClN3O4S/c1-12-9-17(18(28)10-13(12)2)20-19-21(26-25-20)23(29)27(16-7-8-32(30,31)11-16)22(19)14-3-5-15(24)6-4-14/h3-6,9-10,16,22,28H,7-8,11H2,1-2H3,(H,25,26). The molecule has 5 rings (SSSR count). The van der Waals surface area contributed by atoms with Crippen molar-refractivity contribution in [3.63, 3.8) is 0 Å². The average Bonchev–Trinajstić information content (AvgIpc) is 3.39. The number of carbonyl (C=O) groups excluding carboxylic acids is 1. The second-order valence-electron chi connectivity index (χ2n) is 8.54. The fraction of sp³-hybridized carbons (Fsp3) is 0.304. The summed E-state index contributed by atoms with van der Waals surface area (Å²) in [6.45, 7) is 3.86. The lowest BCUT2D eigenvalue weighted by atomic mass is 9.93. The van der Waals surface area contributed by atoms with Crippen molar-refractivity contribution in [1.82, 2.24) is 15.1 Å². The average molecular weight is 472 g/mol. The maximum atomic E-state index is 13.5. The third kappa shape index (κ3) is 3.29. The van der Waals surface area contributed by atoms with Gasteiger partial charge < -0.3 is 10.0 Å². The van der Waals surface area contributed by atoms with Crippen molar-refractivity contribution >= 4 is 27.3 Å². The van der Waals surface area contributed by atoms with Crippen molar-refractivity contribution in [1.29, 1.82) is 0 Å². The van der Waals surface area contributed by atoms with E-state index in [0.717, 1.165) is 16.7 Å². The lowest BCUT2D eigenvalue weighted by molar-refractivity contribution is 0.0678. The van der Waals surface area contributed by atoms with Crippen molar-refractivity contribution in [2.75, 3.05) is 11.5 Å². The van der Waals surface area contributed by atoms with Gasteiger partial charge in [-0.05, 0) is 61.2 Å². The molecule has 3 heterocycles. The Kier molecular flexibility index (Phi) is 4.83. The number of aromatic nitrogens is 2. The summed E-state index contributed by atoms with van der Waals surface area (Å²) in [5, 5.41) is 18.5. The maximum Gasteiger partial charge on any atom is 0.273 e. The summed E-state index contributed by atoms with van der Waals surface area (Å²) in [6.07, 6.45) is 0.389. The van der Waals surface area contributed by atoms with E-state index >= 15 is 0 Å². The number of carbonyl (C=O) groups is 1. The van der Waals surface area contributed by atoms with Crippen LogP contribution in [-0.2, 0) is 9.84 Å². The Morgan fingerprint density at radius 2 is 1.84 bits per heavy atom. The van der Waals surface area contributed by atoms with Crippen LogP contribution in [-0.4, -0.2) is 52.1 Å². The number of sulfone groups is 1. The van der Waals surface area contributed by atoms with Crippen molar-refractivity contribution < 1.29 is 18.3 Å². The molecule has 2 unspecified atom stereocenters. The van der Waals surface area contributed by atoms with Crippen molar-refractivity contribution in [3.05, 3.63) is 69.4 Å². The summed E-state index contributed by atoms with van der Waals surface area (Å²) in [5.41, 5.74) is 4.71. The van der Waals surface area contributed by atoms with Gasteiger partial charge in [0.1, 0.15) is 17.1 Å². The van der Waals surface area contributed by atoms with Crippen LogP contribution in [0.2, 0.25) is 5.02 Å². The van der Waals surface area contributed by atoms with Crippen LogP contribution in [0, 0.1) is 13.8 Å². The Morgan fingerprint density at radius 3 is 2.50 bits per heavy atom. The third-order valence-corrected chi connectivity index (χ3v) is 8.46. The van der Waals surface area contributed by atoms with Crippen LogP contribution in [0.1, 0.15) is 45.2 Å². The summed E-state index contributed by atoms with van der Waals surface area (Å²) in [4.78, 5) is 15.1. The smallest absolute Gasteiger partial charge is 0.273 e. The lowest BCUT2D eigenvalue weighted by Gasteiger charge is -2.31. The quantitative estimate of drug-likeness (QED) is 0.605. The minimum absolute atomic E-state index is 0.0613. The number of fused-ring (bicyclic) bond motifs is 1. The van der Waals surface area contributed by atoms with E-state index in [1.54, 1.807) is 23.1 Å². The molecule has 0 bridgehead atoms. The van der Waals surface area contributed by atoms with Gasteiger partial charge in [-0.2, -0.15) is 5.10 Å². The number of nitrogens with zero attached hydrogens (tertiary/aromatic N) is 2. The van der Waals surface area contributed by atoms with Gasteiger partial charge in [0.2, 0.25) is 0 Å². The highest BCUT2D eigenvalue weighted by molar-refractivity contribution is 7.91. The molecule has 1 saturated heterocycles. The molecule has 2 atom stereocenters. The number of aryl methyl sites for hydroxylation is 2. The van der Waals surface area contributed by atoms with E-state index < -0.39 is 21.9 Å². The van der Waals surface area contributed by atoms with E-state index in [2.05, 4.69) is 10.2 Å². The highest BCUT2D eigenvalue weighted by Crippen LogP contribution is 2.46. The van der Waals surface area contributed by atoms with Crippen molar-refractivity contribution in [2.45, 2.75) is 32.4 Å². The molecule has 1 aromatic heterocycles. The first-order chi connectivity index (χ1) is 15.2. The van der Waals surface area contributed by atoms with Crippen LogP contribution < -0.4 is 0 Å². The number of hydrogen-bond donors (Lipinski definition) is 2. The van der Waals surface area contributed by atoms with Crippen LogP contribution in [0.5, 0.6) is 5.75 Å². The Morgan fingerprint density at radius 1 is 1.16 bits per heavy atom. The predicted molar refractivity (Wildman–Crippen MR) is 122 cm³/mol. The first kappa shape index (κ1) is 21.0. The number of nitrogens with one attached hydrogen (secondary N) is 1. The van der Waals surface area contributed by atoms with E-state index in [9.17, 15) is 18.3 Å². The lowest BCUT2D eigenvalue weighted by Crippen LogP contribution is -2.40. The van der Waals surface area contributed by atoms with Gasteiger partial charge in [0.15, 0.2) is 9.84 Å². The number of phenolic OH excluding ortho intramolecular Hbond substituents is 1. The molecule has 32 heavy (non-hydrogen) atoms. The van der Waals surface area contributed by atoms with Gasteiger partial charge in [0.05, 0.1) is 17.5 Å². The minimum atomic E-state index is -3.20. The Bertz CT molecular complexity index is 1350. The number of halogens is 1. The number of H-pyrrole nitrogens is 1. The van der Waals surface area contributed by atoms with Crippen LogP contribution in [0.25, 0.3) is 11.3 Å². The molecule has 1 amide bonds. The molecule has 2 aromatic carbocycles. The fourth-order valence-electron chi connectivity index (χ4n) is 4.71. The zero-order chi connectivity index (χ0) is 22.8. The summed E-state index contributed by atoms with van der Waals surface area (Å²) < 4.78 is 24.4. The molecule has 2 aliphatic rings. The van der Waals surface area contributed by atoms with Gasteiger partial charge in [-0.1, -0.05) is 23.7 Å². The normalized spacial score (nSPS) is 21.8. The van der Waals surface area contributed by atoms with Gasteiger partial charge in [0.25, 0.3) is 5.91 Å². The molecule has 0 spiro atoms. The van der Waals surface area contributed by atoms with Gasteiger partial charge in [-0.25, -0.2) is 8.42 Å². The van der Waals surface area contributed by atoms with Gasteiger partial charge >= 0.3 is 0 Å². The molecule has 7 nitrogen and oxygen atoms in total. The van der Waals surface area contributed by atoms with Crippen molar-refractivity contribution in [2.24, 2.45) is 0 Å². The number of aromatic amines is 1. The van der Waals surface area contributed by atoms with Gasteiger partial charge in [-0.15, -0.1) is 0 Å². The van der Waals surface area contributed by atoms with E-state index in [0.29, 0.717) is 34.0 Å². The molecule has 3 aromatic rings. The van der Waals surface area contributed by atoms with E-state index in [1.165, 1.54) is 0 Å². The number of benzene rings is 2. The zero-order valence-electron chi connectivity index (χ0n) is 17.6. The second-order valence-corrected chi connectivity index (χ2v) is 11.2. The summed E-state index contributed by atoms with van der Waals surface area (Å²) in [6, 6.07) is 9.73. The summed E-state index contributed by atoms with van der Waals surface area (Å²) in [7, 11) is -3.20. The molecule has 0 aliphatic carbocycles. The monoisotopic (exact) mass is 471 g/mol. The number of phenols is 1. The van der Waals surface area contributed by atoms with E-state index in [-0.39, 0.29) is 23.2 Å². The largest absolute Gasteiger partial charge is 0.507 e. The van der Waals surface area contributed by atoms with Gasteiger partial charge in [0, 0.05) is 22.2 Å². The first-order valence-corrected chi connectivity index (χ1v) is 12.5. The number of hydrogen-bond acceptors (Lipinski definition) is 5. The Hall–Kier alpha value is -2.84. The molecular weight excluding hydrogens is 450 g/mol. The maximum absolute atomic E-state index is 13.5. The van der Waals surface area contributed by atoms with E-state index in [1.807, 2.05) is 32.0 Å². The number of rotatable bonds is 3. The van der Waals surface area contributed by atoms with Crippen molar-refractivity contribution in [3.8, 4) is 17.0 Å². The second kappa shape index (κ2) is 7.35. The molecule has 9 heteroatoms. The molecule has 0 saturated carbocycles. The number of amides is 1. The molecule has 2 aliphatic heterocycles. The first-order valence-electron chi connectivity index (χ1n) is 10.3.